The average Bonchev–Trinajstić information content (AvgIpc) is 2.03. The fourth-order valence-corrected chi connectivity index (χ4v) is 0.771. The van der Waals surface area contributed by atoms with Gasteiger partial charge in [0.15, 0.2) is 0 Å². The van der Waals surface area contributed by atoms with Crippen molar-refractivity contribution in [3.63, 3.8) is 0 Å². The Morgan fingerprint density at radius 2 is 1.92 bits per heavy atom. The Balaban J connectivity index is 2.77. The second-order valence-corrected chi connectivity index (χ2v) is 2.32. The first-order valence-corrected chi connectivity index (χ1v) is 3.43. The quantitative estimate of drug-likeness (QED) is 0.493. The summed E-state index contributed by atoms with van der Waals surface area (Å²) in [5.41, 5.74) is 6.87. The minimum Gasteiger partial charge on any atom is -0.545 e. The van der Waals surface area contributed by atoms with Gasteiger partial charge in [-0.15, -0.1) is 0 Å². The molecule has 0 heterocycles. The lowest BCUT2D eigenvalue weighted by molar-refractivity contribution is -0.297. The van der Waals surface area contributed by atoms with Crippen LogP contribution < -0.4 is 10.8 Å². The number of carboxylic acid groups (broad SMARTS) is 1. The number of aliphatic carboxylic acids is 1. The standard InChI is InChI=1S/C9H9NO2/c10-8-4-1-7(2-5-8)3-6-9(11)12/h1-6H,10H2,(H,11,12)/p-1/b6-3+. The molecule has 0 aromatic heterocycles. The van der Waals surface area contributed by atoms with E-state index in [0.29, 0.717) is 5.69 Å². The molecule has 0 aliphatic carbocycles. The highest BCUT2D eigenvalue weighted by atomic mass is 16.4. The van der Waals surface area contributed by atoms with Crippen LogP contribution in [-0.2, 0) is 4.79 Å². The van der Waals surface area contributed by atoms with Crippen molar-refractivity contribution in [3.8, 4) is 0 Å². The van der Waals surface area contributed by atoms with E-state index in [1.165, 1.54) is 6.08 Å². The number of carbonyl (C=O) groups is 1. The zero-order chi connectivity index (χ0) is 8.97. The summed E-state index contributed by atoms with van der Waals surface area (Å²) in [5.74, 6) is -1.20. The van der Waals surface area contributed by atoms with Crippen LogP contribution in [-0.4, -0.2) is 5.97 Å². The Morgan fingerprint density at radius 1 is 1.33 bits per heavy atom. The van der Waals surface area contributed by atoms with Gasteiger partial charge in [0.1, 0.15) is 0 Å². The molecule has 0 saturated heterocycles. The monoisotopic (exact) mass is 162 g/mol. The van der Waals surface area contributed by atoms with Crippen molar-refractivity contribution in [1.29, 1.82) is 0 Å². The molecule has 3 heteroatoms. The van der Waals surface area contributed by atoms with Crippen LogP contribution in [0.4, 0.5) is 5.69 Å². The topological polar surface area (TPSA) is 66.2 Å². The van der Waals surface area contributed by atoms with Gasteiger partial charge in [0.25, 0.3) is 0 Å². The van der Waals surface area contributed by atoms with Crippen LogP contribution in [0.1, 0.15) is 5.56 Å². The molecule has 1 aromatic carbocycles. The first kappa shape index (κ1) is 8.33. The van der Waals surface area contributed by atoms with E-state index >= 15 is 0 Å². The number of anilines is 1. The minimum atomic E-state index is -1.20. The average molecular weight is 162 g/mol. The molecule has 0 amide bonds. The van der Waals surface area contributed by atoms with E-state index < -0.39 is 5.97 Å². The molecule has 1 aromatic rings. The van der Waals surface area contributed by atoms with Crippen molar-refractivity contribution in [1.82, 2.24) is 0 Å². The Bertz CT molecular complexity index is 301. The highest BCUT2D eigenvalue weighted by molar-refractivity contribution is 5.83. The number of carbonyl (C=O) groups excluding carboxylic acids is 1. The predicted molar refractivity (Wildman–Crippen MR) is 44.9 cm³/mol. The van der Waals surface area contributed by atoms with Crippen LogP contribution in [0.3, 0.4) is 0 Å². The Hall–Kier alpha value is -1.77. The van der Waals surface area contributed by atoms with Crippen molar-refractivity contribution in [2.75, 3.05) is 5.73 Å². The van der Waals surface area contributed by atoms with Gasteiger partial charge in [-0.05, 0) is 23.8 Å². The highest BCUT2D eigenvalue weighted by Gasteiger charge is 1.85. The molecule has 1 rings (SSSR count). The van der Waals surface area contributed by atoms with E-state index in [2.05, 4.69) is 0 Å². The van der Waals surface area contributed by atoms with Gasteiger partial charge in [0.2, 0.25) is 0 Å². The lowest BCUT2D eigenvalue weighted by atomic mass is 10.2. The van der Waals surface area contributed by atoms with Gasteiger partial charge < -0.3 is 15.6 Å². The van der Waals surface area contributed by atoms with E-state index in [1.54, 1.807) is 24.3 Å². The van der Waals surface area contributed by atoms with Gasteiger partial charge in [-0.2, -0.15) is 0 Å². The summed E-state index contributed by atoms with van der Waals surface area (Å²) >= 11 is 0. The first-order chi connectivity index (χ1) is 5.68. The Labute approximate surface area is 70.1 Å². The molecule has 0 aliphatic rings. The number of hydrogen-bond acceptors (Lipinski definition) is 3. The van der Waals surface area contributed by atoms with Gasteiger partial charge in [-0.25, -0.2) is 0 Å². The third kappa shape index (κ3) is 2.46. The minimum absolute atomic E-state index is 0.653. The zero-order valence-electron chi connectivity index (χ0n) is 6.36. The van der Waals surface area contributed by atoms with Crippen molar-refractivity contribution in [2.45, 2.75) is 0 Å². The molecule has 62 valence electrons. The number of rotatable bonds is 2. The second-order valence-electron chi connectivity index (χ2n) is 2.32. The van der Waals surface area contributed by atoms with Crippen LogP contribution >= 0.6 is 0 Å². The molecule has 12 heavy (non-hydrogen) atoms. The van der Waals surface area contributed by atoms with E-state index in [0.717, 1.165) is 11.6 Å². The summed E-state index contributed by atoms with van der Waals surface area (Å²) in [6, 6.07) is 6.87. The maximum Gasteiger partial charge on any atom is 0.0643 e. The van der Waals surface area contributed by atoms with Crippen LogP contribution in [0.25, 0.3) is 6.08 Å². The number of hydrogen-bond donors (Lipinski definition) is 1. The largest absolute Gasteiger partial charge is 0.545 e. The third-order valence-corrected chi connectivity index (χ3v) is 1.35. The maximum atomic E-state index is 10.0. The summed E-state index contributed by atoms with van der Waals surface area (Å²) in [5, 5.41) is 10.0. The summed E-state index contributed by atoms with van der Waals surface area (Å²) in [6.07, 6.45) is 2.43. The number of nitrogens with two attached hydrogens (primary N) is 1. The van der Waals surface area contributed by atoms with Crippen molar-refractivity contribution >= 4 is 17.7 Å². The molecular formula is C9H8NO2-. The summed E-state index contributed by atoms with van der Waals surface area (Å²) in [4.78, 5) is 10.0. The molecular weight excluding hydrogens is 154 g/mol. The molecule has 0 unspecified atom stereocenters. The molecule has 0 radical (unpaired) electrons. The van der Waals surface area contributed by atoms with Crippen molar-refractivity contribution in [2.24, 2.45) is 0 Å². The lowest BCUT2D eigenvalue weighted by Crippen LogP contribution is -2.18. The fourth-order valence-electron chi connectivity index (χ4n) is 0.771. The highest BCUT2D eigenvalue weighted by Crippen LogP contribution is 2.06. The van der Waals surface area contributed by atoms with Gasteiger partial charge in [0.05, 0.1) is 5.97 Å². The first-order valence-electron chi connectivity index (χ1n) is 3.43. The van der Waals surface area contributed by atoms with Crippen molar-refractivity contribution < 1.29 is 9.90 Å². The Kier molecular flexibility index (Phi) is 2.48. The number of nitrogen functional groups attached to an aromatic ring is 1. The van der Waals surface area contributed by atoms with Crippen molar-refractivity contribution in [3.05, 3.63) is 35.9 Å². The predicted octanol–water partition coefficient (Wildman–Crippen LogP) is 0.0319. The smallest absolute Gasteiger partial charge is 0.0643 e. The van der Waals surface area contributed by atoms with Gasteiger partial charge >= 0.3 is 0 Å². The molecule has 0 aliphatic heterocycles. The van der Waals surface area contributed by atoms with E-state index in [-0.39, 0.29) is 0 Å². The SMILES string of the molecule is Nc1ccc(/C=C/C(=O)[O-])cc1. The van der Waals surface area contributed by atoms with Gasteiger partial charge in [-0.3, -0.25) is 0 Å². The van der Waals surface area contributed by atoms with Crippen LogP contribution in [0, 0.1) is 0 Å². The maximum absolute atomic E-state index is 10.0. The zero-order valence-corrected chi connectivity index (χ0v) is 6.36. The number of benzene rings is 1. The molecule has 3 nitrogen and oxygen atoms in total. The Morgan fingerprint density at radius 3 is 2.42 bits per heavy atom. The molecule has 0 atom stereocenters. The normalized spacial score (nSPS) is 10.3. The third-order valence-electron chi connectivity index (χ3n) is 1.35. The van der Waals surface area contributed by atoms with Crippen LogP contribution in [0.5, 0.6) is 0 Å². The van der Waals surface area contributed by atoms with E-state index in [9.17, 15) is 9.90 Å². The molecule has 0 bridgehead atoms. The second kappa shape index (κ2) is 3.57. The van der Waals surface area contributed by atoms with E-state index in [1.807, 2.05) is 0 Å². The summed E-state index contributed by atoms with van der Waals surface area (Å²) in [7, 11) is 0. The van der Waals surface area contributed by atoms with Gasteiger partial charge in [-0.1, -0.05) is 18.2 Å². The fraction of sp³-hybridized carbons (Fsp3) is 0. The number of carboxylic acids is 1. The molecule has 0 spiro atoms. The van der Waals surface area contributed by atoms with Crippen LogP contribution in [0.15, 0.2) is 30.3 Å². The van der Waals surface area contributed by atoms with Crippen LogP contribution in [0.2, 0.25) is 0 Å². The summed E-state index contributed by atoms with van der Waals surface area (Å²) < 4.78 is 0. The molecule has 2 N–H and O–H groups in total. The molecule has 0 saturated carbocycles. The van der Waals surface area contributed by atoms with E-state index in [4.69, 9.17) is 5.73 Å². The summed E-state index contributed by atoms with van der Waals surface area (Å²) in [6.45, 7) is 0. The van der Waals surface area contributed by atoms with Gasteiger partial charge in [0, 0.05) is 5.69 Å². The molecule has 0 fully saturated rings. The lowest BCUT2D eigenvalue weighted by Gasteiger charge is -1.95.